The van der Waals surface area contributed by atoms with Crippen LogP contribution in [-0.2, 0) is 18.9 Å². The molecule has 0 spiro atoms. The molecule has 0 aromatic rings. The minimum absolute atomic E-state index is 0.0703. The van der Waals surface area contributed by atoms with Gasteiger partial charge >= 0.3 is 0 Å². The fourth-order valence-electron chi connectivity index (χ4n) is 2.77. The first kappa shape index (κ1) is 13.3. The molecule has 0 N–H and O–H groups in total. The second-order valence-electron chi connectivity index (χ2n) is 4.72. The maximum atomic E-state index is 5.74. The summed E-state index contributed by atoms with van der Waals surface area (Å²) < 4.78 is 22.8. The van der Waals surface area contributed by atoms with Crippen molar-refractivity contribution in [2.75, 3.05) is 26.4 Å². The highest BCUT2D eigenvalue weighted by Gasteiger charge is 2.37. The molecule has 2 atom stereocenters. The molecule has 100 valence electrons. The average Bonchev–Trinajstić information content (AvgIpc) is 2.90. The summed E-state index contributed by atoms with van der Waals surface area (Å²) in [5.74, 6) is 0.731. The minimum Gasteiger partial charge on any atom is -0.352 e. The van der Waals surface area contributed by atoms with Crippen molar-refractivity contribution in [3.8, 4) is 0 Å². The Kier molecular flexibility index (Phi) is 5.22. The predicted octanol–water partition coefficient (Wildman–Crippen LogP) is 2.17. The summed E-state index contributed by atoms with van der Waals surface area (Å²) in [6, 6.07) is 0. The monoisotopic (exact) mass is 244 g/mol. The molecule has 17 heavy (non-hydrogen) atoms. The summed E-state index contributed by atoms with van der Waals surface area (Å²) in [5.41, 5.74) is 0. The van der Waals surface area contributed by atoms with Crippen molar-refractivity contribution in [2.45, 2.75) is 45.7 Å². The van der Waals surface area contributed by atoms with Gasteiger partial charge in [-0.3, -0.25) is 0 Å². The van der Waals surface area contributed by atoms with Crippen LogP contribution in [0.2, 0.25) is 0 Å². The standard InChI is InChI=1S/C13H24O4/c1-3-10(12-14-6-5-7-15-12)11(4-2)13-16-8-9-17-13/h10-13H,3-9H2,1-2H3. The number of hydrogen-bond acceptors (Lipinski definition) is 4. The molecule has 0 aromatic heterocycles. The van der Waals surface area contributed by atoms with E-state index in [4.69, 9.17) is 18.9 Å². The van der Waals surface area contributed by atoms with Gasteiger partial charge in [0.1, 0.15) is 0 Å². The molecule has 2 saturated heterocycles. The molecule has 0 bridgehead atoms. The van der Waals surface area contributed by atoms with Crippen LogP contribution in [-0.4, -0.2) is 39.0 Å². The Hall–Kier alpha value is -0.160. The van der Waals surface area contributed by atoms with Crippen molar-refractivity contribution in [1.29, 1.82) is 0 Å². The van der Waals surface area contributed by atoms with Crippen LogP contribution in [0.5, 0.6) is 0 Å². The van der Waals surface area contributed by atoms with Crippen molar-refractivity contribution >= 4 is 0 Å². The first-order valence-corrected chi connectivity index (χ1v) is 6.83. The first-order chi connectivity index (χ1) is 8.36. The second-order valence-corrected chi connectivity index (χ2v) is 4.72. The van der Waals surface area contributed by atoms with Gasteiger partial charge in [0.15, 0.2) is 12.6 Å². The van der Waals surface area contributed by atoms with E-state index in [0.717, 1.165) is 32.5 Å². The molecule has 2 aliphatic heterocycles. The van der Waals surface area contributed by atoms with Crippen LogP contribution in [0.25, 0.3) is 0 Å². The molecule has 2 heterocycles. The molecule has 4 nitrogen and oxygen atoms in total. The number of ether oxygens (including phenoxy) is 4. The molecule has 0 radical (unpaired) electrons. The molecular formula is C13H24O4. The SMILES string of the molecule is CCC(C1OCCCO1)C(CC)C1OCCO1. The Morgan fingerprint density at radius 3 is 1.59 bits per heavy atom. The molecule has 2 unspecified atom stereocenters. The largest absolute Gasteiger partial charge is 0.352 e. The minimum atomic E-state index is -0.0773. The first-order valence-electron chi connectivity index (χ1n) is 6.83. The normalized spacial score (nSPS) is 27.2. The molecule has 2 rings (SSSR count). The zero-order valence-corrected chi connectivity index (χ0v) is 10.9. The van der Waals surface area contributed by atoms with Gasteiger partial charge in [-0.1, -0.05) is 13.8 Å². The second kappa shape index (κ2) is 6.69. The van der Waals surface area contributed by atoms with Gasteiger partial charge in [-0.2, -0.15) is 0 Å². The van der Waals surface area contributed by atoms with Gasteiger partial charge < -0.3 is 18.9 Å². The third-order valence-electron chi connectivity index (χ3n) is 3.69. The van der Waals surface area contributed by atoms with E-state index in [0.29, 0.717) is 25.0 Å². The molecule has 2 fully saturated rings. The van der Waals surface area contributed by atoms with Gasteiger partial charge in [-0.15, -0.1) is 0 Å². The van der Waals surface area contributed by atoms with E-state index in [1.54, 1.807) is 0 Å². The summed E-state index contributed by atoms with van der Waals surface area (Å²) in [6.45, 7) is 7.41. The summed E-state index contributed by atoms with van der Waals surface area (Å²) in [4.78, 5) is 0. The Balaban J connectivity index is 1.97. The molecule has 4 heteroatoms. The zero-order valence-electron chi connectivity index (χ0n) is 10.9. The molecular weight excluding hydrogens is 220 g/mol. The van der Waals surface area contributed by atoms with E-state index in [2.05, 4.69) is 13.8 Å². The Bertz CT molecular complexity index is 209. The summed E-state index contributed by atoms with van der Waals surface area (Å²) in [6.07, 6.45) is 2.92. The van der Waals surface area contributed by atoms with Crippen molar-refractivity contribution in [1.82, 2.24) is 0 Å². The van der Waals surface area contributed by atoms with E-state index in [-0.39, 0.29) is 12.6 Å². The molecule has 0 aliphatic carbocycles. The molecule has 2 aliphatic rings. The maximum Gasteiger partial charge on any atom is 0.161 e. The van der Waals surface area contributed by atoms with Crippen LogP contribution in [0.1, 0.15) is 33.1 Å². The van der Waals surface area contributed by atoms with E-state index >= 15 is 0 Å². The third-order valence-corrected chi connectivity index (χ3v) is 3.69. The van der Waals surface area contributed by atoms with Crippen LogP contribution < -0.4 is 0 Å². The maximum absolute atomic E-state index is 5.74. The zero-order chi connectivity index (χ0) is 12.1. The fraction of sp³-hybridized carbons (Fsp3) is 1.00. The van der Waals surface area contributed by atoms with Gasteiger partial charge in [0.2, 0.25) is 0 Å². The van der Waals surface area contributed by atoms with Gasteiger partial charge in [0, 0.05) is 11.8 Å². The topological polar surface area (TPSA) is 36.9 Å². The van der Waals surface area contributed by atoms with Crippen molar-refractivity contribution < 1.29 is 18.9 Å². The quantitative estimate of drug-likeness (QED) is 0.742. The van der Waals surface area contributed by atoms with Crippen molar-refractivity contribution in [2.24, 2.45) is 11.8 Å². The van der Waals surface area contributed by atoms with E-state index in [1.165, 1.54) is 0 Å². The number of hydrogen-bond donors (Lipinski definition) is 0. The van der Waals surface area contributed by atoms with Crippen molar-refractivity contribution in [3.05, 3.63) is 0 Å². The summed E-state index contributed by atoms with van der Waals surface area (Å²) in [7, 11) is 0. The number of rotatable bonds is 5. The van der Waals surface area contributed by atoms with Crippen molar-refractivity contribution in [3.63, 3.8) is 0 Å². The Morgan fingerprint density at radius 1 is 0.765 bits per heavy atom. The van der Waals surface area contributed by atoms with E-state index < -0.39 is 0 Å². The molecule has 0 aromatic carbocycles. The molecule has 0 amide bonds. The average molecular weight is 244 g/mol. The van der Waals surface area contributed by atoms with Gasteiger partial charge in [0.05, 0.1) is 26.4 Å². The third kappa shape index (κ3) is 3.19. The van der Waals surface area contributed by atoms with Crippen LogP contribution in [0, 0.1) is 11.8 Å². The van der Waals surface area contributed by atoms with Gasteiger partial charge in [-0.25, -0.2) is 0 Å². The van der Waals surface area contributed by atoms with E-state index in [9.17, 15) is 0 Å². The summed E-state index contributed by atoms with van der Waals surface area (Å²) >= 11 is 0. The highest BCUT2D eigenvalue weighted by atomic mass is 16.7. The van der Waals surface area contributed by atoms with Crippen LogP contribution >= 0.6 is 0 Å². The lowest BCUT2D eigenvalue weighted by Crippen LogP contribution is -2.40. The lowest BCUT2D eigenvalue weighted by molar-refractivity contribution is -0.231. The summed E-state index contributed by atoms with van der Waals surface area (Å²) in [5, 5.41) is 0. The van der Waals surface area contributed by atoms with E-state index in [1.807, 2.05) is 0 Å². The van der Waals surface area contributed by atoms with Crippen LogP contribution in [0.4, 0.5) is 0 Å². The van der Waals surface area contributed by atoms with Crippen LogP contribution in [0.15, 0.2) is 0 Å². The Morgan fingerprint density at radius 2 is 1.18 bits per heavy atom. The lowest BCUT2D eigenvalue weighted by Gasteiger charge is -2.36. The van der Waals surface area contributed by atoms with Crippen LogP contribution in [0.3, 0.4) is 0 Å². The lowest BCUT2D eigenvalue weighted by atomic mass is 9.86. The highest BCUT2D eigenvalue weighted by Crippen LogP contribution is 2.32. The Labute approximate surface area is 104 Å². The predicted molar refractivity (Wildman–Crippen MR) is 63.6 cm³/mol. The fourth-order valence-corrected chi connectivity index (χ4v) is 2.77. The van der Waals surface area contributed by atoms with Gasteiger partial charge in [0.25, 0.3) is 0 Å². The smallest absolute Gasteiger partial charge is 0.161 e. The van der Waals surface area contributed by atoms with Gasteiger partial charge in [-0.05, 0) is 19.3 Å². The molecule has 0 saturated carbocycles. The highest BCUT2D eigenvalue weighted by molar-refractivity contribution is 4.77.